The fourth-order valence-electron chi connectivity index (χ4n) is 1.68. The van der Waals surface area contributed by atoms with Crippen molar-refractivity contribution in [1.82, 2.24) is 25.3 Å². The average Bonchev–Trinajstić information content (AvgIpc) is 2.97. The zero-order valence-electron chi connectivity index (χ0n) is 12.6. The van der Waals surface area contributed by atoms with E-state index in [1.165, 1.54) is 23.4 Å². The maximum absolute atomic E-state index is 12.2. The third-order valence-electron chi connectivity index (χ3n) is 2.45. The van der Waals surface area contributed by atoms with Gasteiger partial charge in [-0.1, -0.05) is 0 Å². The van der Waals surface area contributed by atoms with E-state index in [9.17, 15) is 9.59 Å². The van der Waals surface area contributed by atoms with Crippen LogP contribution in [0.5, 0.6) is 0 Å². The highest BCUT2D eigenvalue weighted by atomic mass is 16.6. The first-order valence-corrected chi connectivity index (χ1v) is 6.68. The van der Waals surface area contributed by atoms with Gasteiger partial charge in [0.25, 0.3) is 5.91 Å². The molecule has 2 rings (SSSR count). The number of amides is 1. The molecule has 0 aliphatic rings. The molecule has 0 bridgehead atoms. The van der Waals surface area contributed by atoms with Crippen LogP contribution in [0, 0.1) is 0 Å². The van der Waals surface area contributed by atoms with Crippen LogP contribution in [-0.2, 0) is 9.53 Å². The highest BCUT2D eigenvalue weighted by Gasteiger charge is 2.19. The summed E-state index contributed by atoms with van der Waals surface area (Å²) in [6.07, 6.45) is 4.50. The molecule has 0 fully saturated rings. The molecule has 0 saturated carbocycles. The van der Waals surface area contributed by atoms with E-state index in [1.54, 1.807) is 32.9 Å². The zero-order chi connectivity index (χ0) is 16.2. The summed E-state index contributed by atoms with van der Waals surface area (Å²) in [6.45, 7) is 5.05. The normalized spacial score (nSPS) is 11.0. The first-order valence-electron chi connectivity index (χ1n) is 6.68. The Balaban J connectivity index is 2.06. The molecule has 0 aromatic carbocycles. The van der Waals surface area contributed by atoms with E-state index < -0.39 is 17.5 Å². The van der Waals surface area contributed by atoms with E-state index in [4.69, 9.17) is 4.74 Å². The van der Waals surface area contributed by atoms with Gasteiger partial charge < -0.3 is 10.1 Å². The van der Waals surface area contributed by atoms with E-state index >= 15 is 0 Å². The highest BCUT2D eigenvalue weighted by Crippen LogP contribution is 2.09. The van der Waals surface area contributed by atoms with Crippen LogP contribution < -0.4 is 5.32 Å². The fourth-order valence-corrected chi connectivity index (χ4v) is 1.68. The molecule has 116 valence electrons. The van der Waals surface area contributed by atoms with Crippen LogP contribution >= 0.6 is 0 Å². The van der Waals surface area contributed by atoms with Crippen LogP contribution in [0.1, 0.15) is 31.1 Å². The van der Waals surface area contributed by atoms with Gasteiger partial charge in [-0.05, 0) is 32.9 Å². The summed E-state index contributed by atoms with van der Waals surface area (Å²) in [4.78, 5) is 29.2. The van der Waals surface area contributed by atoms with Crippen LogP contribution in [0.3, 0.4) is 0 Å². The zero-order valence-corrected chi connectivity index (χ0v) is 12.6. The van der Waals surface area contributed by atoms with Crippen molar-refractivity contribution in [1.29, 1.82) is 0 Å². The van der Waals surface area contributed by atoms with Gasteiger partial charge in [0.2, 0.25) is 0 Å². The third-order valence-corrected chi connectivity index (χ3v) is 2.45. The standard InChI is InChI=1S/C14H17N5O3/c1-14(2,3)22-11(20)9-16-13(21)10-5-4-6-15-12(10)19-17-7-8-18-19/h4-8H,9H2,1-3H3,(H,16,21). The molecule has 8 nitrogen and oxygen atoms in total. The molecular weight excluding hydrogens is 286 g/mol. The van der Waals surface area contributed by atoms with Gasteiger partial charge in [-0.2, -0.15) is 10.2 Å². The summed E-state index contributed by atoms with van der Waals surface area (Å²) >= 11 is 0. The van der Waals surface area contributed by atoms with E-state index in [1.807, 2.05) is 0 Å². The van der Waals surface area contributed by atoms with Gasteiger partial charge in [0.1, 0.15) is 12.1 Å². The SMILES string of the molecule is CC(C)(C)OC(=O)CNC(=O)c1cccnc1-n1nccn1. The largest absolute Gasteiger partial charge is 0.459 e. The Labute approximate surface area is 127 Å². The molecule has 0 aliphatic carbocycles. The summed E-state index contributed by atoms with van der Waals surface area (Å²) in [7, 11) is 0. The van der Waals surface area contributed by atoms with Crippen LogP contribution in [-0.4, -0.2) is 44.0 Å². The lowest BCUT2D eigenvalue weighted by Crippen LogP contribution is -2.35. The van der Waals surface area contributed by atoms with Gasteiger partial charge in [0.05, 0.1) is 18.0 Å². The van der Waals surface area contributed by atoms with Crippen molar-refractivity contribution in [3.63, 3.8) is 0 Å². The second-order valence-corrected chi connectivity index (χ2v) is 5.46. The molecule has 2 aromatic rings. The predicted molar refractivity (Wildman–Crippen MR) is 77.3 cm³/mol. The van der Waals surface area contributed by atoms with E-state index in [0.29, 0.717) is 0 Å². The summed E-state index contributed by atoms with van der Waals surface area (Å²) in [5.41, 5.74) is -0.331. The number of pyridine rings is 1. The van der Waals surface area contributed by atoms with Crippen molar-refractivity contribution in [2.24, 2.45) is 0 Å². The molecule has 22 heavy (non-hydrogen) atoms. The number of carbonyl (C=O) groups excluding carboxylic acids is 2. The molecule has 0 atom stereocenters. The van der Waals surface area contributed by atoms with Gasteiger partial charge in [-0.3, -0.25) is 9.59 Å². The number of rotatable bonds is 4. The number of esters is 1. The molecule has 0 radical (unpaired) electrons. The molecule has 8 heteroatoms. The summed E-state index contributed by atoms with van der Waals surface area (Å²) in [5, 5.41) is 10.4. The highest BCUT2D eigenvalue weighted by molar-refractivity contribution is 5.98. The molecule has 1 amide bonds. The van der Waals surface area contributed by atoms with Crippen LogP contribution in [0.15, 0.2) is 30.7 Å². The van der Waals surface area contributed by atoms with Crippen molar-refractivity contribution in [3.05, 3.63) is 36.3 Å². The maximum Gasteiger partial charge on any atom is 0.325 e. The van der Waals surface area contributed by atoms with Crippen LogP contribution in [0.4, 0.5) is 0 Å². The van der Waals surface area contributed by atoms with Crippen molar-refractivity contribution >= 4 is 11.9 Å². The summed E-state index contributed by atoms with van der Waals surface area (Å²) in [6, 6.07) is 3.20. The van der Waals surface area contributed by atoms with E-state index in [2.05, 4.69) is 20.5 Å². The molecule has 0 unspecified atom stereocenters. The van der Waals surface area contributed by atoms with Crippen molar-refractivity contribution < 1.29 is 14.3 Å². The van der Waals surface area contributed by atoms with E-state index in [-0.39, 0.29) is 17.9 Å². The molecule has 2 heterocycles. The Morgan fingerprint density at radius 1 is 1.23 bits per heavy atom. The lowest BCUT2D eigenvalue weighted by Gasteiger charge is -2.19. The quantitative estimate of drug-likeness (QED) is 0.836. The van der Waals surface area contributed by atoms with Gasteiger partial charge in [0, 0.05) is 6.20 Å². The lowest BCUT2D eigenvalue weighted by molar-refractivity contribution is -0.153. The topological polar surface area (TPSA) is 99.0 Å². The van der Waals surface area contributed by atoms with Crippen LogP contribution in [0.2, 0.25) is 0 Å². The molecular formula is C14H17N5O3. The number of aromatic nitrogens is 4. The second kappa shape index (κ2) is 6.33. The number of hydrogen-bond acceptors (Lipinski definition) is 6. The molecule has 1 N–H and O–H groups in total. The average molecular weight is 303 g/mol. The van der Waals surface area contributed by atoms with Gasteiger partial charge in [-0.15, -0.1) is 4.80 Å². The maximum atomic E-state index is 12.2. The molecule has 2 aromatic heterocycles. The monoisotopic (exact) mass is 303 g/mol. The number of ether oxygens (including phenoxy) is 1. The van der Waals surface area contributed by atoms with Gasteiger partial charge in [0.15, 0.2) is 5.82 Å². The van der Waals surface area contributed by atoms with Crippen LogP contribution in [0.25, 0.3) is 5.82 Å². The molecule has 0 aliphatic heterocycles. The minimum atomic E-state index is -0.597. The van der Waals surface area contributed by atoms with E-state index in [0.717, 1.165) is 0 Å². The van der Waals surface area contributed by atoms with Crippen molar-refractivity contribution in [2.75, 3.05) is 6.54 Å². The van der Waals surface area contributed by atoms with Gasteiger partial charge >= 0.3 is 5.97 Å². The Morgan fingerprint density at radius 2 is 1.91 bits per heavy atom. The number of carbonyl (C=O) groups is 2. The minimum Gasteiger partial charge on any atom is -0.459 e. The molecule has 0 saturated heterocycles. The number of nitrogens with zero attached hydrogens (tertiary/aromatic N) is 4. The first kappa shape index (κ1) is 15.6. The lowest BCUT2D eigenvalue weighted by atomic mass is 10.2. The van der Waals surface area contributed by atoms with Gasteiger partial charge in [-0.25, -0.2) is 4.98 Å². The Hall–Kier alpha value is -2.77. The molecule has 0 spiro atoms. The minimum absolute atomic E-state index is 0.225. The van der Waals surface area contributed by atoms with Crippen molar-refractivity contribution in [3.8, 4) is 5.82 Å². The first-order chi connectivity index (χ1) is 10.4. The smallest absolute Gasteiger partial charge is 0.325 e. The second-order valence-electron chi connectivity index (χ2n) is 5.46. The third kappa shape index (κ3) is 4.11. The van der Waals surface area contributed by atoms with Crippen molar-refractivity contribution in [2.45, 2.75) is 26.4 Å². The number of nitrogens with one attached hydrogen (secondary N) is 1. The predicted octanol–water partition coefficient (Wildman–Crippen LogP) is 0.734. The Kier molecular flexibility index (Phi) is 4.50. The Morgan fingerprint density at radius 3 is 2.55 bits per heavy atom. The number of hydrogen-bond donors (Lipinski definition) is 1. The fraction of sp³-hybridized carbons (Fsp3) is 0.357. The summed E-state index contributed by atoms with van der Waals surface area (Å²) in [5.74, 6) is -0.677. The summed E-state index contributed by atoms with van der Waals surface area (Å²) < 4.78 is 5.13. The Bertz CT molecular complexity index is 661.